The van der Waals surface area contributed by atoms with Crippen LogP contribution >= 0.6 is 28.3 Å². The third-order valence-electron chi connectivity index (χ3n) is 2.95. The van der Waals surface area contributed by atoms with E-state index < -0.39 is 6.04 Å². The smallest absolute Gasteiger partial charge is 0.243 e. The van der Waals surface area contributed by atoms with Gasteiger partial charge in [0.05, 0.1) is 12.6 Å². The molecule has 1 aromatic carbocycles. The maximum atomic E-state index is 11.8. The van der Waals surface area contributed by atoms with Crippen LogP contribution in [0.1, 0.15) is 25.8 Å². The van der Waals surface area contributed by atoms with Crippen molar-refractivity contribution in [2.75, 3.05) is 11.9 Å². The fraction of sp³-hybridized carbons (Fsp3) is 0.467. The lowest BCUT2D eigenvalue weighted by Gasteiger charge is -2.14. The molecule has 22 heavy (non-hydrogen) atoms. The summed E-state index contributed by atoms with van der Waals surface area (Å²) in [4.78, 5) is 23.5. The van der Waals surface area contributed by atoms with Crippen molar-refractivity contribution in [2.24, 2.45) is 11.7 Å². The molecule has 0 aromatic heterocycles. The Morgan fingerprint density at radius 2 is 1.95 bits per heavy atom. The monoisotopic (exact) mass is 391 g/mol. The van der Waals surface area contributed by atoms with Crippen LogP contribution in [0.3, 0.4) is 0 Å². The van der Waals surface area contributed by atoms with Gasteiger partial charge in [-0.1, -0.05) is 29.8 Å². The van der Waals surface area contributed by atoms with E-state index in [0.29, 0.717) is 12.3 Å². The van der Waals surface area contributed by atoms with Gasteiger partial charge in [-0.3, -0.25) is 9.59 Å². The number of benzene rings is 1. The molecule has 0 radical (unpaired) electrons. The SMILES string of the molecule is Cc1cc(Br)ccc1NC(=O)CNC(=O)[C@@H](N)CC(C)C.Cl. The summed E-state index contributed by atoms with van der Waals surface area (Å²) >= 11 is 3.36. The van der Waals surface area contributed by atoms with Crippen LogP contribution in [0.15, 0.2) is 22.7 Å². The first-order chi connectivity index (χ1) is 9.79. The summed E-state index contributed by atoms with van der Waals surface area (Å²) in [7, 11) is 0. The Kier molecular flexibility index (Phi) is 9.32. The van der Waals surface area contributed by atoms with Gasteiger partial charge in [0, 0.05) is 10.2 Å². The average molecular weight is 393 g/mol. The van der Waals surface area contributed by atoms with Crippen LogP contribution in [0.2, 0.25) is 0 Å². The number of nitrogens with two attached hydrogens (primary N) is 1. The molecule has 5 nitrogen and oxygen atoms in total. The van der Waals surface area contributed by atoms with E-state index in [4.69, 9.17) is 5.73 Å². The number of carbonyl (C=O) groups is 2. The van der Waals surface area contributed by atoms with Gasteiger partial charge in [-0.25, -0.2) is 0 Å². The lowest BCUT2D eigenvalue weighted by atomic mass is 10.0. The molecule has 2 amide bonds. The summed E-state index contributed by atoms with van der Waals surface area (Å²) in [5.41, 5.74) is 7.42. The van der Waals surface area contributed by atoms with Gasteiger partial charge < -0.3 is 16.4 Å². The number of rotatable bonds is 6. The number of halogens is 2. The first-order valence-corrected chi connectivity index (χ1v) is 7.68. The van der Waals surface area contributed by atoms with Crippen molar-refractivity contribution >= 4 is 45.8 Å². The van der Waals surface area contributed by atoms with Gasteiger partial charge in [-0.2, -0.15) is 0 Å². The van der Waals surface area contributed by atoms with Crippen LogP contribution in [-0.4, -0.2) is 24.4 Å². The van der Waals surface area contributed by atoms with Gasteiger partial charge in [0.25, 0.3) is 0 Å². The highest BCUT2D eigenvalue weighted by molar-refractivity contribution is 9.10. The van der Waals surface area contributed by atoms with E-state index in [2.05, 4.69) is 26.6 Å². The highest BCUT2D eigenvalue weighted by Gasteiger charge is 2.15. The Morgan fingerprint density at radius 1 is 1.32 bits per heavy atom. The van der Waals surface area contributed by atoms with Crippen molar-refractivity contribution in [3.8, 4) is 0 Å². The molecule has 0 bridgehead atoms. The number of anilines is 1. The molecular weight excluding hydrogens is 370 g/mol. The zero-order valence-corrected chi connectivity index (χ0v) is 15.4. The summed E-state index contributed by atoms with van der Waals surface area (Å²) in [6.07, 6.45) is 0.597. The lowest BCUT2D eigenvalue weighted by Crippen LogP contribution is -2.44. The molecule has 1 atom stereocenters. The molecule has 1 aromatic rings. The molecule has 0 heterocycles. The molecule has 0 unspecified atom stereocenters. The number of hydrogen-bond acceptors (Lipinski definition) is 3. The van der Waals surface area contributed by atoms with E-state index in [1.54, 1.807) is 0 Å². The number of aryl methyl sites for hydroxylation is 1. The molecule has 0 fully saturated rings. The molecule has 124 valence electrons. The zero-order valence-electron chi connectivity index (χ0n) is 13.0. The lowest BCUT2D eigenvalue weighted by molar-refractivity contribution is -0.125. The number of carbonyl (C=O) groups excluding carboxylic acids is 2. The van der Waals surface area contributed by atoms with Crippen molar-refractivity contribution in [3.63, 3.8) is 0 Å². The topological polar surface area (TPSA) is 84.2 Å². The first-order valence-electron chi connectivity index (χ1n) is 6.89. The maximum Gasteiger partial charge on any atom is 0.243 e. The van der Waals surface area contributed by atoms with Gasteiger partial charge in [0.2, 0.25) is 11.8 Å². The van der Waals surface area contributed by atoms with E-state index in [1.165, 1.54) is 0 Å². The van der Waals surface area contributed by atoms with Crippen LogP contribution in [0, 0.1) is 12.8 Å². The predicted molar refractivity (Wildman–Crippen MR) is 95.2 cm³/mol. The van der Waals surface area contributed by atoms with Gasteiger partial charge >= 0.3 is 0 Å². The second kappa shape index (κ2) is 9.82. The second-order valence-corrected chi connectivity index (χ2v) is 6.38. The van der Waals surface area contributed by atoms with Crippen molar-refractivity contribution < 1.29 is 9.59 Å². The number of nitrogens with one attached hydrogen (secondary N) is 2. The van der Waals surface area contributed by atoms with Crippen LogP contribution in [-0.2, 0) is 9.59 Å². The van der Waals surface area contributed by atoms with Crippen molar-refractivity contribution in [1.82, 2.24) is 5.32 Å². The Bertz CT molecular complexity index is 524. The van der Waals surface area contributed by atoms with Crippen molar-refractivity contribution in [2.45, 2.75) is 33.2 Å². The minimum absolute atomic E-state index is 0. The molecule has 4 N–H and O–H groups in total. The Morgan fingerprint density at radius 3 is 2.50 bits per heavy atom. The molecule has 0 saturated carbocycles. The normalized spacial score (nSPS) is 11.5. The summed E-state index contributed by atoms with van der Waals surface area (Å²) in [5, 5.41) is 5.31. The van der Waals surface area contributed by atoms with Crippen LogP contribution < -0.4 is 16.4 Å². The van der Waals surface area contributed by atoms with E-state index in [9.17, 15) is 9.59 Å². The summed E-state index contributed by atoms with van der Waals surface area (Å²) in [5.74, 6) is -0.234. The molecule has 0 aliphatic heterocycles. The minimum Gasteiger partial charge on any atom is -0.346 e. The predicted octanol–water partition coefficient (Wildman–Crippen LogP) is 2.61. The van der Waals surface area contributed by atoms with E-state index >= 15 is 0 Å². The molecule has 7 heteroatoms. The fourth-order valence-electron chi connectivity index (χ4n) is 1.88. The first kappa shape index (κ1) is 20.9. The second-order valence-electron chi connectivity index (χ2n) is 5.46. The van der Waals surface area contributed by atoms with Crippen molar-refractivity contribution in [3.05, 3.63) is 28.2 Å². The standard InChI is InChI=1S/C15H22BrN3O2.ClH/c1-9(2)6-12(17)15(21)18-8-14(20)19-13-5-4-11(16)7-10(13)3;/h4-5,7,9,12H,6,8,17H2,1-3H3,(H,18,21)(H,19,20);1H/t12-;/m0./s1. The molecular formula is C15H23BrClN3O2. The van der Waals surface area contributed by atoms with Crippen LogP contribution in [0.5, 0.6) is 0 Å². The van der Waals surface area contributed by atoms with Gasteiger partial charge in [0.1, 0.15) is 0 Å². The van der Waals surface area contributed by atoms with Crippen LogP contribution in [0.25, 0.3) is 0 Å². The fourth-order valence-corrected chi connectivity index (χ4v) is 2.35. The highest BCUT2D eigenvalue weighted by Crippen LogP contribution is 2.19. The molecule has 0 aliphatic rings. The third kappa shape index (κ3) is 7.24. The third-order valence-corrected chi connectivity index (χ3v) is 3.44. The van der Waals surface area contributed by atoms with Gasteiger partial charge in [-0.15, -0.1) is 12.4 Å². The summed E-state index contributed by atoms with van der Waals surface area (Å²) in [6.45, 7) is 5.81. The molecule has 0 saturated heterocycles. The largest absolute Gasteiger partial charge is 0.346 e. The quantitative estimate of drug-likeness (QED) is 0.696. The van der Waals surface area contributed by atoms with Crippen molar-refractivity contribution in [1.29, 1.82) is 0 Å². The summed E-state index contributed by atoms with van der Waals surface area (Å²) in [6, 6.07) is 4.99. The Hall–Kier alpha value is -1.11. The molecule has 1 rings (SSSR count). The van der Waals surface area contributed by atoms with E-state index in [1.807, 2.05) is 39.0 Å². The van der Waals surface area contributed by atoms with Gasteiger partial charge in [0.15, 0.2) is 0 Å². The number of amides is 2. The Balaban J connectivity index is 0.00000441. The molecule has 0 spiro atoms. The van der Waals surface area contributed by atoms with E-state index in [0.717, 1.165) is 15.7 Å². The Labute approximate surface area is 145 Å². The molecule has 0 aliphatic carbocycles. The highest BCUT2D eigenvalue weighted by atomic mass is 79.9. The minimum atomic E-state index is -0.577. The van der Waals surface area contributed by atoms with Gasteiger partial charge in [-0.05, 0) is 43.0 Å². The van der Waals surface area contributed by atoms with Crippen LogP contribution in [0.4, 0.5) is 5.69 Å². The number of hydrogen-bond donors (Lipinski definition) is 3. The average Bonchev–Trinajstić information content (AvgIpc) is 2.38. The van der Waals surface area contributed by atoms with E-state index in [-0.39, 0.29) is 30.8 Å². The maximum absolute atomic E-state index is 11.8. The zero-order chi connectivity index (χ0) is 16.0. The summed E-state index contributed by atoms with van der Waals surface area (Å²) < 4.78 is 0.950.